The van der Waals surface area contributed by atoms with E-state index in [1.54, 1.807) is 18.3 Å². The maximum Gasteiger partial charge on any atom is 0.316 e. The Morgan fingerprint density at radius 1 is 0.923 bits per heavy atom. The van der Waals surface area contributed by atoms with Crippen molar-refractivity contribution in [3.63, 3.8) is 0 Å². The van der Waals surface area contributed by atoms with Gasteiger partial charge >= 0.3 is 5.56 Å². The van der Waals surface area contributed by atoms with Gasteiger partial charge in [0.1, 0.15) is 17.6 Å². The molecule has 6 rings (SSSR count). The summed E-state index contributed by atoms with van der Waals surface area (Å²) in [4.78, 5) is 15.8. The zero-order valence-corrected chi connectivity index (χ0v) is 22.2. The minimum absolute atomic E-state index is 0.183. The minimum atomic E-state index is -1.14. The van der Waals surface area contributed by atoms with Gasteiger partial charge in [-0.25, -0.2) is 4.39 Å². The smallest absolute Gasteiger partial charge is 0.316 e. The summed E-state index contributed by atoms with van der Waals surface area (Å²) in [5, 5.41) is 4.39. The highest BCUT2D eigenvalue weighted by Gasteiger charge is 2.31. The molecule has 1 fully saturated rings. The van der Waals surface area contributed by atoms with E-state index in [2.05, 4.69) is 22.1 Å². The number of benzene rings is 3. The molecule has 1 atom stereocenters. The fourth-order valence-corrected chi connectivity index (χ4v) is 6.50. The first-order valence-corrected chi connectivity index (χ1v) is 14.4. The highest BCUT2D eigenvalue weighted by atomic mass is 32.2. The maximum absolute atomic E-state index is 14.0. The van der Waals surface area contributed by atoms with Gasteiger partial charge in [-0.1, -0.05) is 60.7 Å². The molecule has 0 amide bonds. The van der Waals surface area contributed by atoms with Crippen LogP contribution in [0.25, 0.3) is 5.69 Å². The van der Waals surface area contributed by atoms with E-state index in [0.29, 0.717) is 56.1 Å². The molecule has 0 N–H and O–H groups in total. The van der Waals surface area contributed by atoms with Crippen molar-refractivity contribution in [1.82, 2.24) is 14.1 Å². The molecule has 0 saturated carbocycles. The molecule has 0 radical (unpaired) electrons. The summed E-state index contributed by atoms with van der Waals surface area (Å²) in [7, 11) is 0. The second-order valence-corrected chi connectivity index (χ2v) is 11.3. The Balaban J connectivity index is 1.24. The van der Waals surface area contributed by atoms with E-state index >= 15 is 0 Å². The van der Waals surface area contributed by atoms with Gasteiger partial charge in [-0.15, -0.1) is 4.31 Å². The molecule has 1 aromatic heterocycles. The SMILES string of the molecule is O=c1c(OC2Cc3ccccc3C2)c(N2CCN([S+]([O-])Cc3ccccc3)CC2)cnn1-c1cccc(F)c1. The summed E-state index contributed by atoms with van der Waals surface area (Å²) in [5.41, 5.74) is 4.00. The lowest BCUT2D eigenvalue weighted by Gasteiger charge is -2.36. The Kier molecular flexibility index (Phi) is 7.36. The van der Waals surface area contributed by atoms with Crippen LogP contribution >= 0.6 is 0 Å². The van der Waals surface area contributed by atoms with Crippen LogP contribution in [-0.4, -0.2) is 50.9 Å². The number of halogens is 1. The van der Waals surface area contributed by atoms with Crippen LogP contribution in [0.4, 0.5) is 10.1 Å². The number of nitrogens with zero attached hydrogens (tertiary/aromatic N) is 4. The first-order valence-electron chi connectivity index (χ1n) is 13.1. The Hall–Kier alpha value is -3.66. The van der Waals surface area contributed by atoms with Crippen molar-refractivity contribution in [2.24, 2.45) is 0 Å². The number of hydrogen-bond acceptors (Lipinski definition) is 6. The zero-order chi connectivity index (χ0) is 26.8. The minimum Gasteiger partial charge on any atom is -0.598 e. The normalized spacial score (nSPS) is 16.7. The molecular formula is C30H29FN4O3S. The molecule has 2 aliphatic rings. The molecule has 0 spiro atoms. The van der Waals surface area contributed by atoms with E-state index in [-0.39, 0.29) is 11.9 Å². The van der Waals surface area contributed by atoms with Crippen LogP contribution in [0.2, 0.25) is 0 Å². The van der Waals surface area contributed by atoms with Crippen LogP contribution in [0.15, 0.2) is 89.9 Å². The molecule has 1 unspecified atom stereocenters. The van der Waals surface area contributed by atoms with Crippen LogP contribution in [0.3, 0.4) is 0 Å². The third-order valence-electron chi connectivity index (χ3n) is 7.27. The largest absolute Gasteiger partial charge is 0.598 e. The molecule has 1 saturated heterocycles. The molecule has 1 aliphatic carbocycles. The van der Waals surface area contributed by atoms with Gasteiger partial charge in [0.25, 0.3) is 0 Å². The summed E-state index contributed by atoms with van der Waals surface area (Å²) in [6.07, 6.45) is 2.87. The fourth-order valence-electron chi connectivity index (χ4n) is 5.27. The fraction of sp³-hybridized carbons (Fsp3) is 0.267. The van der Waals surface area contributed by atoms with Crippen LogP contribution in [-0.2, 0) is 30.0 Å². The number of hydrogen-bond donors (Lipinski definition) is 0. The van der Waals surface area contributed by atoms with Crippen molar-refractivity contribution < 1.29 is 13.7 Å². The summed E-state index contributed by atoms with van der Waals surface area (Å²) < 4.78 is 36.6. The third-order valence-corrected chi connectivity index (χ3v) is 8.79. The quantitative estimate of drug-likeness (QED) is 0.329. The first kappa shape index (κ1) is 25.6. The second-order valence-electron chi connectivity index (χ2n) is 9.84. The van der Waals surface area contributed by atoms with E-state index in [0.717, 1.165) is 5.56 Å². The van der Waals surface area contributed by atoms with Gasteiger partial charge < -0.3 is 14.2 Å². The number of anilines is 1. The maximum atomic E-state index is 14.0. The Morgan fingerprint density at radius 3 is 2.31 bits per heavy atom. The summed E-state index contributed by atoms with van der Waals surface area (Å²) in [5.74, 6) is 0.243. The number of piperazine rings is 1. The van der Waals surface area contributed by atoms with Gasteiger partial charge in [0.15, 0.2) is 5.75 Å². The van der Waals surface area contributed by atoms with Crippen LogP contribution in [0.1, 0.15) is 16.7 Å². The van der Waals surface area contributed by atoms with Gasteiger partial charge in [0.05, 0.1) is 25.0 Å². The average molecular weight is 545 g/mol. The highest BCUT2D eigenvalue weighted by Crippen LogP contribution is 2.31. The third kappa shape index (κ3) is 5.56. The van der Waals surface area contributed by atoms with Crippen LogP contribution < -0.4 is 15.2 Å². The molecule has 4 aromatic rings. The lowest BCUT2D eigenvalue weighted by Crippen LogP contribution is -2.49. The molecule has 2 heterocycles. The second kappa shape index (κ2) is 11.2. The molecule has 9 heteroatoms. The van der Waals surface area contributed by atoms with Gasteiger partial charge in [0, 0.05) is 42.9 Å². The Labute approximate surface area is 229 Å². The molecule has 39 heavy (non-hydrogen) atoms. The van der Waals surface area contributed by atoms with Gasteiger partial charge in [-0.05, 0) is 29.3 Å². The summed E-state index contributed by atoms with van der Waals surface area (Å²) in [6.45, 7) is 2.32. The standard InChI is InChI=1S/C30H29FN4O3S/c31-25-11-6-12-26(19-25)35-30(36)29(38-27-17-23-9-4-5-10-24(23)18-27)28(20-32-35)33-13-15-34(16-14-33)39(37)21-22-7-2-1-3-8-22/h1-12,19-20,27H,13-18,21H2. The van der Waals surface area contributed by atoms with Crippen molar-refractivity contribution in [3.8, 4) is 11.4 Å². The van der Waals surface area contributed by atoms with Crippen molar-refractivity contribution in [3.05, 3.63) is 118 Å². The van der Waals surface area contributed by atoms with Crippen molar-refractivity contribution in [2.75, 3.05) is 31.1 Å². The van der Waals surface area contributed by atoms with Crippen molar-refractivity contribution in [2.45, 2.75) is 24.7 Å². The predicted octanol–water partition coefficient (Wildman–Crippen LogP) is 3.90. The number of aromatic nitrogens is 2. The number of rotatable bonds is 7. The van der Waals surface area contributed by atoms with E-state index in [9.17, 15) is 13.7 Å². The van der Waals surface area contributed by atoms with E-state index < -0.39 is 22.7 Å². The molecule has 3 aromatic carbocycles. The molecule has 0 bridgehead atoms. The average Bonchev–Trinajstić information content (AvgIpc) is 3.37. The number of ether oxygens (including phenoxy) is 1. The summed E-state index contributed by atoms with van der Waals surface area (Å²) in [6, 6.07) is 23.8. The highest BCUT2D eigenvalue weighted by molar-refractivity contribution is 7.88. The predicted molar refractivity (Wildman–Crippen MR) is 150 cm³/mol. The van der Waals surface area contributed by atoms with Crippen molar-refractivity contribution in [1.29, 1.82) is 0 Å². The molecular weight excluding hydrogens is 515 g/mol. The number of fused-ring (bicyclic) bond motifs is 1. The molecule has 7 nitrogen and oxygen atoms in total. The van der Waals surface area contributed by atoms with Gasteiger partial charge in [-0.2, -0.15) is 9.78 Å². The van der Waals surface area contributed by atoms with Crippen LogP contribution in [0, 0.1) is 5.82 Å². The Bertz CT molecular complexity index is 1480. The van der Waals surface area contributed by atoms with Gasteiger partial charge in [-0.3, -0.25) is 4.79 Å². The molecule has 200 valence electrons. The monoisotopic (exact) mass is 544 g/mol. The van der Waals surface area contributed by atoms with Crippen molar-refractivity contribution >= 4 is 17.0 Å². The summed E-state index contributed by atoms with van der Waals surface area (Å²) >= 11 is -1.14. The lowest BCUT2D eigenvalue weighted by molar-refractivity contribution is 0.209. The first-order chi connectivity index (χ1) is 19.0. The molecule has 1 aliphatic heterocycles. The van der Waals surface area contributed by atoms with Crippen LogP contribution in [0.5, 0.6) is 5.75 Å². The van der Waals surface area contributed by atoms with E-state index in [4.69, 9.17) is 4.74 Å². The van der Waals surface area contributed by atoms with E-state index in [1.165, 1.54) is 27.9 Å². The zero-order valence-electron chi connectivity index (χ0n) is 21.4. The van der Waals surface area contributed by atoms with Gasteiger partial charge in [0.2, 0.25) is 5.75 Å². The Morgan fingerprint density at radius 2 is 1.62 bits per heavy atom. The van der Waals surface area contributed by atoms with E-state index in [1.807, 2.05) is 46.8 Å². The topological polar surface area (TPSA) is 73.7 Å². The lowest BCUT2D eigenvalue weighted by atomic mass is 10.1.